The molecule has 0 amide bonds. The Balaban J connectivity index is 1.55. The van der Waals surface area contributed by atoms with Gasteiger partial charge in [0.25, 0.3) is 0 Å². The maximum atomic E-state index is 13.3. The summed E-state index contributed by atoms with van der Waals surface area (Å²) >= 11 is 0. The quantitative estimate of drug-likeness (QED) is 0.159. The molecular weight excluding hydrogens is 640 g/mol. The van der Waals surface area contributed by atoms with Gasteiger partial charge in [-0.1, -0.05) is 77.9 Å². The second-order valence-electron chi connectivity index (χ2n) is 13.6. The molecule has 6 rings (SSSR count). The molecule has 0 aliphatic carbocycles. The lowest BCUT2D eigenvalue weighted by molar-refractivity contribution is -0.138. The second kappa shape index (κ2) is 11.3. The summed E-state index contributed by atoms with van der Waals surface area (Å²) in [5, 5.41) is 1.89. The molecule has 0 aromatic heterocycles. The van der Waals surface area contributed by atoms with Crippen molar-refractivity contribution in [2.75, 3.05) is 12.7 Å². The number of hydrogen-bond donors (Lipinski definition) is 0. The maximum absolute atomic E-state index is 13.3. The number of rotatable bonds is 3. The van der Waals surface area contributed by atoms with Crippen molar-refractivity contribution in [2.45, 2.75) is 64.2 Å². The first kappa shape index (κ1) is 32.8. The highest BCUT2D eigenvalue weighted by atomic mass is 31.1. The van der Waals surface area contributed by atoms with Crippen molar-refractivity contribution in [1.82, 2.24) is 0 Å². The predicted molar refractivity (Wildman–Crippen MR) is 176 cm³/mol. The molecule has 2 aliphatic rings. The van der Waals surface area contributed by atoms with Crippen LogP contribution in [0.4, 0.5) is 26.3 Å². The molecule has 0 unspecified atom stereocenters. The van der Waals surface area contributed by atoms with Gasteiger partial charge in [-0.2, -0.15) is 26.3 Å². The minimum Gasteiger partial charge on any atom is -0.488 e. The Morgan fingerprint density at radius 3 is 1.04 bits per heavy atom. The van der Waals surface area contributed by atoms with Crippen LogP contribution in [0.3, 0.4) is 0 Å². The first-order valence-corrected chi connectivity index (χ1v) is 17.9. The van der Waals surface area contributed by atoms with Crippen LogP contribution in [0.1, 0.15) is 52.7 Å². The van der Waals surface area contributed by atoms with Crippen molar-refractivity contribution < 1.29 is 35.8 Å². The van der Waals surface area contributed by atoms with E-state index < -0.39 is 39.3 Å². The van der Waals surface area contributed by atoms with Crippen LogP contribution in [-0.4, -0.2) is 23.0 Å². The summed E-state index contributed by atoms with van der Waals surface area (Å²) in [7, 11) is -1.67. The molecule has 2 atom stereocenters. The topological polar surface area (TPSA) is 18.5 Å². The molecule has 0 bridgehead atoms. The SMILES string of the molecule is CC(C)(C)[P@@]1COc2c(-c3ccc(C(F)(F)F)cc3)ccc(-c3ccc(-c4ccc(C(F)(F)F)cc4)c4c3[P@@](C(C)(C)C)CO4)c21. The van der Waals surface area contributed by atoms with Crippen LogP contribution in [0.2, 0.25) is 0 Å². The van der Waals surface area contributed by atoms with Crippen molar-refractivity contribution in [3.05, 3.63) is 83.9 Å². The molecule has 2 aliphatic heterocycles. The average molecular weight is 675 g/mol. The normalized spacial score (nSPS) is 18.2. The van der Waals surface area contributed by atoms with Gasteiger partial charge in [-0.15, -0.1) is 0 Å². The number of fused-ring (bicyclic) bond motifs is 2. The first-order valence-electron chi connectivity index (χ1n) is 14.9. The van der Waals surface area contributed by atoms with Gasteiger partial charge in [-0.05, 0) is 84.8 Å². The van der Waals surface area contributed by atoms with E-state index in [1.165, 1.54) is 24.3 Å². The predicted octanol–water partition coefficient (Wildman–Crippen LogP) is 11.2. The third kappa shape index (κ3) is 5.92. The Kier molecular flexibility index (Phi) is 8.05. The monoisotopic (exact) mass is 674 g/mol. The lowest BCUT2D eigenvalue weighted by atomic mass is 9.95. The Morgan fingerprint density at radius 1 is 0.457 bits per heavy atom. The van der Waals surface area contributed by atoms with Gasteiger partial charge < -0.3 is 9.47 Å². The van der Waals surface area contributed by atoms with E-state index in [4.69, 9.17) is 9.47 Å². The maximum Gasteiger partial charge on any atom is 0.416 e. The fraction of sp³-hybridized carbons (Fsp3) is 0.333. The summed E-state index contributed by atoms with van der Waals surface area (Å²) in [4.78, 5) is 0. The van der Waals surface area contributed by atoms with Gasteiger partial charge in [0.05, 0.1) is 11.1 Å². The highest BCUT2D eigenvalue weighted by molar-refractivity contribution is 7.68. The summed E-state index contributed by atoms with van der Waals surface area (Å²) in [6.07, 6.45) is -7.87. The van der Waals surface area contributed by atoms with Gasteiger partial charge >= 0.3 is 12.4 Å². The van der Waals surface area contributed by atoms with Crippen molar-refractivity contribution in [3.63, 3.8) is 0 Å². The first-order chi connectivity index (χ1) is 21.4. The van der Waals surface area contributed by atoms with Crippen LogP contribution in [0.15, 0.2) is 72.8 Å². The van der Waals surface area contributed by atoms with E-state index in [-0.39, 0.29) is 10.3 Å². The van der Waals surface area contributed by atoms with E-state index in [9.17, 15) is 26.3 Å². The van der Waals surface area contributed by atoms with Crippen molar-refractivity contribution in [1.29, 1.82) is 0 Å². The summed E-state index contributed by atoms with van der Waals surface area (Å²) < 4.78 is 92.7. The Hall–Kier alpha value is -3.08. The Labute approximate surface area is 267 Å². The minimum atomic E-state index is -4.43. The van der Waals surface area contributed by atoms with Crippen LogP contribution in [0.5, 0.6) is 11.5 Å². The molecule has 2 nitrogen and oxygen atoms in total. The molecule has 242 valence electrons. The highest BCUT2D eigenvalue weighted by Gasteiger charge is 2.42. The number of alkyl halides is 6. The van der Waals surface area contributed by atoms with Crippen LogP contribution < -0.4 is 20.1 Å². The molecule has 0 spiro atoms. The van der Waals surface area contributed by atoms with E-state index >= 15 is 0 Å². The largest absolute Gasteiger partial charge is 0.488 e. The number of hydrogen-bond acceptors (Lipinski definition) is 2. The molecule has 0 saturated heterocycles. The van der Waals surface area contributed by atoms with E-state index in [1.807, 2.05) is 24.3 Å². The van der Waals surface area contributed by atoms with Crippen LogP contribution in [-0.2, 0) is 12.4 Å². The molecule has 2 heterocycles. The van der Waals surface area contributed by atoms with Crippen LogP contribution >= 0.6 is 15.8 Å². The molecule has 0 radical (unpaired) electrons. The van der Waals surface area contributed by atoms with Gasteiger partial charge in [0.15, 0.2) is 0 Å². The molecule has 10 heteroatoms. The van der Waals surface area contributed by atoms with Gasteiger partial charge in [0, 0.05) is 21.7 Å². The van der Waals surface area contributed by atoms with Gasteiger partial charge in [0.2, 0.25) is 0 Å². The number of halogens is 6. The van der Waals surface area contributed by atoms with Crippen molar-refractivity contribution in [2.24, 2.45) is 0 Å². The van der Waals surface area contributed by atoms with Crippen LogP contribution in [0, 0.1) is 0 Å². The lowest BCUT2D eigenvalue weighted by Crippen LogP contribution is -2.22. The molecule has 0 N–H and O–H groups in total. The minimum absolute atomic E-state index is 0.122. The van der Waals surface area contributed by atoms with Crippen molar-refractivity contribution in [3.8, 4) is 44.9 Å². The average Bonchev–Trinajstić information content (AvgIpc) is 3.62. The van der Waals surface area contributed by atoms with Gasteiger partial charge in [0.1, 0.15) is 24.2 Å². The summed E-state index contributed by atoms with van der Waals surface area (Å²) in [5.74, 6) is 1.38. The van der Waals surface area contributed by atoms with Crippen molar-refractivity contribution >= 4 is 26.5 Å². The smallest absolute Gasteiger partial charge is 0.416 e. The third-order valence-corrected chi connectivity index (χ3v) is 14.4. The van der Waals surface area contributed by atoms with Gasteiger partial charge in [-0.3, -0.25) is 0 Å². The fourth-order valence-corrected chi connectivity index (χ4v) is 10.7. The summed E-state index contributed by atoms with van der Waals surface area (Å²) in [6, 6.07) is 18.3. The molecule has 4 aromatic carbocycles. The zero-order chi connectivity index (χ0) is 33.4. The number of benzene rings is 4. The highest BCUT2D eigenvalue weighted by Crippen LogP contribution is 2.61. The van der Waals surface area contributed by atoms with E-state index in [0.29, 0.717) is 35.3 Å². The second-order valence-corrected chi connectivity index (χ2v) is 19.4. The number of ether oxygens (including phenoxy) is 2. The lowest BCUT2D eigenvalue weighted by Gasteiger charge is -2.30. The summed E-state index contributed by atoms with van der Waals surface area (Å²) in [6.45, 7) is 13.1. The molecule has 0 saturated carbocycles. The molecular formula is C36H34F6O2P2. The third-order valence-electron chi connectivity index (χ3n) is 8.43. The fourth-order valence-electron chi connectivity index (χ4n) is 5.98. The standard InChI is InChI=1S/C36H34F6O2P2/c1-33(2,3)45-19-43-29-25(21-7-11-23(12-8-21)35(37,38)39)15-17-27(31(29)45)28-18-16-26(22-9-13-24(14-10-22)36(40,41)42)30-32(28)46(20-44-30)34(4,5)6/h7-18H,19-20H2,1-6H3/t45-,46-/m0/s1. The molecule has 4 aromatic rings. The van der Waals surface area contributed by atoms with Gasteiger partial charge in [-0.25, -0.2) is 0 Å². The van der Waals surface area contributed by atoms with E-state index in [0.717, 1.165) is 57.1 Å². The summed E-state index contributed by atoms with van der Waals surface area (Å²) in [5.41, 5.74) is 3.36. The van der Waals surface area contributed by atoms with E-state index in [1.54, 1.807) is 0 Å². The Morgan fingerprint density at radius 2 is 0.761 bits per heavy atom. The Bertz CT molecular complexity index is 1650. The zero-order valence-electron chi connectivity index (χ0n) is 26.3. The van der Waals surface area contributed by atoms with Crippen LogP contribution in [0.25, 0.3) is 33.4 Å². The van der Waals surface area contributed by atoms with E-state index in [2.05, 4.69) is 41.5 Å². The molecule has 46 heavy (non-hydrogen) atoms. The molecule has 0 fully saturated rings. The zero-order valence-corrected chi connectivity index (χ0v) is 28.1.